The Bertz CT molecular complexity index is 277. The van der Waals surface area contributed by atoms with E-state index >= 15 is 0 Å². The lowest BCUT2D eigenvalue weighted by Crippen LogP contribution is -2.19. The highest BCUT2D eigenvalue weighted by molar-refractivity contribution is 5.28. The van der Waals surface area contributed by atoms with Gasteiger partial charge in [-0.2, -0.15) is 0 Å². The zero-order valence-electron chi connectivity index (χ0n) is 10.6. The van der Waals surface area contributed by atoms with Gasteiger partial charge in [0.15, 0.2) is 0 Å². The number of rotatable bonds is 5. The Labute approximate surface area is 94.7 Å². The summed E-state index contributed by atoms with van der Waals surface area (Å²) in [6, 6.07) is 9.22. The van der Waals surface area contributed by atoms with Crippen LogP contribution in [-0.2, 0) is 11.8 Å². The van der Waals surface area contributed by atoms with E-state index in [0.29, 0.717) is 5.41 Å². The molecule has 0 fully saturated rings. The molecule has 0 aliphatic carbocycles. The average Bonchev–Trinajstić information content (AvgIpc) is 2.29. The zero-order chi connectivity index (χ0) is 11.3. The van der Waals surface area contributed by atoms with Crippen LogP contribution in [0.2, 0.25) is 0 Å². The van der Waals surface area contributed by atoms with Gasteiger partial charge in [-0.25, -0.2) is 0 Å². The Morgan fingerprint density at radius 3 is 1.87 bits per heavy atom. The molecule has 0 aliphatic rings. The smallest absolute Gasteiger partial charge is 0.00805 e. The van der Waals surface area contributed by atoms with Crippen molar-refractivity contribution < 1.29 is 0 Å². The van der Waals surface area contributed by atoms with E-state index in [1.54, 1.807) is 0 Å². The largest absolute Gasteiger partial charge is 0.0651 e. The molecule has 0 N–H and O–H groups in total. The predicted octanol–water partition coefficient (Wildman–Crippen LogP) is 4.72. The fourth-order valence-electron chi connectivity index (χ4n) is 2.02. The van der Waals surface area contributed by atoms with Crippen molar-refractivity contribution in [2.45, 2.75) is 58.8 Å². The number of hydrogen-bond acceptors (Lipinski definition) is 0. The summed E-state index contributed by atoms with van der Waals surface area (Å²) in [4.78, 5) is 0. The molecule has 1 aromatic carbocycles. The molecule has 0 spiro atoms. The van der Waals surface area contributed by atoms with Gasteiger partial charge < -0.3 is 0 Å². The Morgan fingerprint density at radius 1 is 0.933 bits per heavy atom. The molecule has 0 heteroatoms. The molecule has 0 nitrogen and oxygen atoms in total. The van der Waals surface area contributed by atoms with Gasteiger partial charge in [-0.05, 0) is 35.8 Å². The average molecular weight is 204 g/mol. The fourth-order valence-corrected chi connectivity index (χ4v) is 2.02. The van der Waals surface area contributed by atoms with E-state index < -0.39 is 0 Å². The summed E-state index contributed by atoms with van der Waals surface area (Å²) < 4.78 is 0. The SMILES string of the molecule is CCCc1ccc(C(C)(CC)CC)cc1. The van der Waals surface area contributed by atoms with E-state index in [4.69, 9.17) is 0 Å². The third-order valence-corrected chi connectivity index (χ3v) is 3.75. The van der Waals surface area contributed by atoms with Crippen LogP contribution in [0.15, 0.2) is 24.3 Å². The maximum Gasteiger partial charge on any atom is -0.00805 e. The van der Waals surface area contributed by atoms with Crippen molar-refractivity contribution in [3.8, 4) is 0 Å². The summed E-state index contributed by atoms with van der Waals surface area (Å²) in [5, 5.41) is 0. The third-order valence-electron chi connectivity index (χ3n) is 3.75. The van der Waals surface area contributed by atoms with E-state index in [1.807, 2.05) is 0 Å². The number of benzene rings is 1. The maximum absolute atomic E-state index is 2.36. The highest BCUT2D eigenvalue weighted by Crippen LogP contribution is 2.30. The molecule has 0 saturated heterocycles. The highest BCUT2D eigenvalue weighted by atomic mass is 14.3. The summed E-state index contributed by atoms with van der Waals surface area (Å²) in [6.07, 6.45) is 4.88. The molecule has 0 atom stereocenters. The van der Waals surface area contributed by atoms with Crippen LogP contribution < -0.4 is 0 Å². The lowest BCUT2D eigenvalue weighted by molar-refractivity contribution is 0.439. The molecule has 0 bridgehead atoms. The molecule has 0 saturated carbocycles. The van der Waals surface area contributed by atoms with Crippen LogP contribution in [0.3, 0.4) is 0 Å². The molecule has 15 heavy (non-hydrogen) atoms. The topological polar surface area (TPSA) is 0 Å². The first-order valence-electron chi connectivity index (χ1n) is 6.25. The van der Waals surface area contributed by atoms with E-state index in [1.165, 1.54) is 36.8 Å². The minimum Gasteiger partial charge on any atom is -0.0651 e. The summed E-state index contributed by atoms with van der Waals surface area (Å²) >= 11 is 0. The molecular weight excluding hydrogens is 180 g/mol. The van der Waals surface area contributed by atoms with Gasteiger partial charge in [-0.3, -0.25) is 0 Å². The monoisotopic (exact) mass is 204 g/mol. The van der Waals surface area contributed by atoms with Crippen LogP contribution in [0.4, 0.5) is 0 Å². The van der Waals surface area contributed by atoms with Crippen molar-refractivity contribution >= 4 is 0 Å². The quantitative estimate of drug-likeness (QED) is 0.651. The van der Waals surface area contributed by atoms with Gasteiger partial charge in [0.05, 0.1) is 0 Å². The van der Waals surface area contributed by atoms with Crippen LogP contribution >= 0.6 is 0 Å². The minimum absolute atomic E-state index is 0.366. The highest BCUT2D eigenvalue weighted by Gasteiger charge is 2.21. The molecule has 0 heterocycles. The molecule has 1 rings (SSSR count). The molecule has 0 aromatic heterocycles. The Hall–Kier alpha value is -0.780. The van der Waals surface area contributed by atoms with Crippen molar-refractivity contribution in [2.75, 3.05) is 0 Å². The lowest BCUT2D eigenvalue weighted by atomic mass is 9.77. The molecule has 84 valence electrons. The Morgan fingerprint density at radius 2 is 1.47 bits per heavy atom. The molecule has 0 amide bonds. The molecule has 1 aromatic rings. The summed E-state index contributed by atoms with van der Waals surface area (Å²) in [7, 11) is 0. The second-order valence-electron chi connectivity index (χ2n) is 4.71. The van der Waals surface area contributed by atoms with Gasteiger partial charge in [0.2, 0.25) is 0 Å². The summed E-state index contributed by atoms with van der Waals surface area (Å²) in [6.45, 7) is 9.16. The summed E-state index contributed by atoms with van der Waals surface area (Å²) in [5.74, 6) is 0. The van der Waals surface area contributed by atoms with Crippen LogP contribution in [0.5, 0.6) is 0 Å². The fraction of sp³-hybridized carbons (Fsp3) is 0.600. The number of hydrogen-bond donors (Lipinski definition) is 0. The van der Waals surface area contributed by atoms with E-state index in [0.717, 1.165) is 0 Å². The zero-order valence-corrected chi connectivity index (χ0v) is 10.6. The minimum atomic E-state index is 0.366. The van der Waals surface area contributed by atoms with Gasteiger partial charge in [-0.15, -0.1) is 0 Å². The van der Waals surface area contributed by atoms with Crippen LogP contribution in [0.25, 0.3) is 0 Å². The predicted molar refractivity (Wildman–Crippen MR) is 68.4 cm³/mol. The molecule has 0 unspecified atom stereocenters. The van der Waals surface area contributed by atoms with Crippen LogP contribution in [0, 0.1) is 0 Å². The first-order valence-corrected chi connectivity index (χ1v) is 6.25. The van der Waals surface area contributed by atoms with Crippen molar-refractivity contribution in [1.29, 1.82) is 0 Å². The van der Waals surface area contributed by atoms with Crippen LogP contribution in [-0.4, -0.2) is 0 Å². The van der Waals surface area contributed by atoms with Crippen LogP contribution in [0.1, 0.15) is 58.1 Å². The first-order chi connectivity index (χ1) is 7.16. The van der Waals surface area contributed by atoms with E-state index in [9.17, 15) is 0 Å². The standard InChI is InChI=1S/C15H24/c1-5-8-13-9-11-14(12-10-13)15(4,6-2)7-3/h9-12H,5-8H2,1-4H3. The van der Waals surface area contributed by atoms with Crippen molar-refractivity contribution in [3.63, 3.8) is 0 Å². The van der Waals surface area contributed by atoms with Gasteiger partial charge in [-0.1, -0.05) is 58.4 Å². The maximum atomic E-state index is 2.36. The third kappa shape index (κ3) is 2.84. The molecule has 0 radical (unpaired) electrons. The van der Waals surface area contributed by atoms with Gasteiger partial charge >= 0.3 is 0 Å². The van der Waals surface area contributed by atoms with Gasteiger partial charge in [0.1, 0.15) is 0 Å². The lowest BCUT2D eigenvalue weighted by Gasteiger charge is -2.27. The van der Waals surface area contributed by atoms with E-state index in [-0.39, 0.29) is 0 Å². The first kappa shape index (κ1) is 12.3. The molecule has 0 aliphatic heterocycles. The normalized spacial score (nSPS) is 11.7. The Balaban J connectivity index is 2.87. The van der Waals surface area contributed by atoms with Gasteiger partial charge in [0.25, 0.3) is 0 Å². The van der Waals surface area contributed by atoms with Gasteiger partial charge in [0, 0.05) is 0 Å². The Kier molecular flexibility index (Phi) is 4.38. The number of aryl methyl sites for hydroxylation is 1. The van der Waals surface area contributed by atoms with Crippen molar-refractivity contribution in [1.82, 2.24) is 0 Å². The molecular formula is C15H24. The van der Waals surface area contributed by atoms with Crippen molar-refractivity contribution in [3.05, 3.63) is 35.4 Å². The second kappa shape index (κ2) is 5.34. The van der Waals surface area contributed by atoms with E-state index in [2.05, 4.69) is 52.0 Å². The second-order valence-corrected chi connectivity index (χ2v) is 4.71. The summed E-state index contributed by atoms with van der Waals surface area (Å²) in [5.41, 5.74) is 3.33. The van der Waals surface area contributed by atoms with Crippen molar-refractivity contribution in [2.24, 2.45) is 0 Å².